The van der Waals surface area contributed by atoms with Crippen molar-refractivity contribution in [3.05, 3.63) is 29.5 Å². The Balaban J connectivity index is 1.83. The van der Waals surface area contributed by atoms with Gasteiger partial charge in [0, 0.05) is 12.6 Å². The first-order valence-corrected chi connectivity index (χ1v) is 8.99. The summed E-state index contributed by atoms with van der Waals surface area (Å²) in [6.45, 7) is 5.47. The van der Waals surface area contributed by atoms with Crippen LogP contribution in [-0.4, -0.2) is 42.6 Å². The van der Waals surface area contributed by atoms with Gasteiger partial charge in [-0.15, -0.1) is 11.3 Å². The van der Waals surface area contributed by atoms with Crippen LogP contribution in [0.15, 0.2) is 28.2 Å². The molecule has 0 spiro atoms. The molecule has 2 N–H and O–H groups in total. The van der Waals surface area contributed by atoms with E-state index < -0.39 is 0 Å². The van der Waals surface area contributed by atoms with E-state index in [0.29, 0.717) is 24.0 Å². The van der Waals surface area contributed by atoms with Crippen LogP contribution in [0.25, 0.3) is 10.8 Å². The second-order valence-corrected chi connectivity index (χ2v) is 7.48. The molecule has 1 atom stereocenters. The Labute approximate surface area is 147 Å². The fourth-order valence-corrected chi connectivity index (χ4v) is 3.15. The fraction of sp³-hybridized carbons (Fsp3) is 0.529. The van der Waals surface area contributed by atoms with Crippen molar-refractivity contribution in [2.45, 2.75) is 32.9 Å². The van der Waals surface area contributed by atoms with Gasteiger partial charge in [0.25, 0.3) is 0 Å². The van der Waals surface area contributed by atoms with Gasteiger partial charge in [0.1, 0.15) is 6.26 Å². The van der Waals surface area contributed by atoms with Gasteiger partial charge in [-0.1, -0.05) is 19.9 Å². The molecule has 0 saturated carbocycles. The van der Waals surface area contributed by atoms with Crippen molar-refractivity contribution < 1.29 is 9.21 Å². The minimum atomic E-state index is -0.178. The molecule has 0 aliphatic rings. The number of hydrogen-bond acceptors (Lipinski definition) is 5. The second-order valence-electron chi connectivity index (χ2n) is 6.54. The van der Waals surface area contributed by atoms with E-state index in [0.717, 1.165) is 17.8 Å². The van der Waals surface area contributed by atoms with Crippen molar-refractivity contribution in [3.8, 4) is 10.8 Å². The van der Waals surface area contributed by atoms with Gasteiger partial charge in [-0.25, -0.2) is 9.78 Å². The van der Waals surface area contributed by atoms with Crippen molar-refractivity contribution in [2.75, 3.05) is 20.6 Å². The number of carbonyl (C=O) groups is 1. The highest BCUT2D eigenvalue weighted by atomic mass is 32.1. The number of likely N-dealkylation sites (N-methyl/N-ethyl adjacent to an activating group) is 1. The molecule has 0 aliphatic carbocycles. The molecule has 0 bridgehead atoms. The Morgan fingerprint density at radius 2 is 2.21 bits per heavy atom. The van der Waals surface area contributed by atoms with Crippen molar-refractivity contribution in [1.29, 1.82) is 0 Å². The molecular weight excluding hydrogens is 324 g/mol. The van der Waals surface area contributed by atoms with Crippen LogP contribution in [-0.2, 0) is 6.54 Å². The van der Waals surface area contributed by atoms with Gasteiger partial charge < -0.3 is 20.0 Å². The van der Waals surface area contributed by atoms with Crippen molar-refractivity contribution in [3.63, 3.8) is 0 Å². The van der Waals surface area contributed by atoms with E-state index in [9.17, 15) is 4.79 Å². The zero-order valence-corrected chi connectivity index (χ0v) is 15.5. The largest absolute Gasteiger partial charge is 0.443 e. The molecule has 0 radical (unpaired) electrons. The predicted molar refractivity (Wildman–Crippen MR) is 97.0 cm³/mol. The number of urea groups is 1. The Hall–Kier alpha value is -1.86. The number of carbonyl (C=O) groups excluding carboxylic acids is 1. The third kappa shape index (κ3) is 5.98. The van der Waals surface area contributed by atoms with Gasteiger partial charge in [0.15, 0.2) is 0 Å². The van der Waals surface area contributed by atoms with E-state index in [1.165, 1.54) is 0 Å². The number of amides is 2. The molecule has 6 nitrogen and oxygen atoms in total. The average molecular weight is 350 g/mol. The molecule has 1 unspecified atom stereocenters. The lowest BCUT2D eigenvalue weighted by molar-refractivity contribution is 0.228. The highest BCUT2D eigenvalue weighted by Crippen LogP contribution is 2.23. The molecule has 2 aromatic rings. The third-order valence-electron chi connectivity index (χ3n) is 3.39. The maximum atomic E-state index is 12.1. The zero-order valence-electron chi connectivity index (χ0n) is 14.7. The van der Waals surface area contributed by atoms with Crippen molar-refractivity contribution in [1.82, 2.24) is 20.5 Å². The van der Waals surface area contributed by atoms with Crippen LogP contribution in [0.2, 0.25) is 0 Å². The highest BCUT2D eigenvalue weighted by Gasteiger charge is 2.15. The molecule has 132 valence electrons. The Kier molecular flexibility index (Phi) is 6.81. The lowest BCUT2D eigenvalue weighted by atomic mass is 10.0. The maximum absolute atomic E-state index is 12.1. The molecule has 0 saturated heterocycles. The van der Waals surface area contributed by atoms with Crippen LogP contribution < -0.4 is 10.6 Å². The average Bonchev–Trinajstić information content (AvgIpc) is 3.15. The van der Waals surface area contributed by atoms with Crippen LogP contribution in [0.4, 0.5) is 4.79 Å². The van der Waals surface area contributed by atoms with Crippen LogP contribution in [0.1, 0.15) is 26.0 Å². The second kappa shape index (κ2) is 8.84. The molecule has 2 aromatic heterocycles. The molecule has 7 heteroatoms. The Morgan fingerprint density at radius 3 is 2.83 bits per heavy atom. The standard InChI is InChI=1S/C17H26N4O2S/c1-12(2)8-13(10-21(3)4)20-17(22)18-9-14-11-23-16(19-14)15-6-5-7-24-15/h5-7,11-13H,8-10H2,1-4H3,(H2,18,20,22). The number of nitrogens with one attached hydrogen (secondary N) is 2. The van der Waals surface area contributed by atoms with Crippen LogP contribution in [0, 0.1) is 5.92 Å². The number of rotatable bonds is 8. The van der Waals surface area contributed by atoms with Gasteiger partial charge >= 0.3 is 6.03 Å². The van der Waals surface area contributed by atoms with E-state index >= 15 is 0 Å². The minimum absolute atomic E-state index is 0.124. The van der Waals surface area contributed by atoms with Gasteiger partial charge in [-0.2, -0.15) is 0 Å². The highest BCUT2D eigenvalue weighted by molar-refractivity contribution is 7.13. The fourth-order valence-electron chi connectivity index (χ4n) is 2.50. The van der Waals surface area contributed by atoms with Crippen molar-refractivity contribution >= 4 is 17.4 Å². The van der Waals surface area contributed by atoms with Gasteiger partial charge in [0.2, 0.25) is 5.89 Å². The monoisotopic (exact) mass is 350 g/mol. The quantitative estimate of drug-likeness (QED) is 0.767. The summed E-state index contributed by atoms with van der Waals surface area (Å²) in [5.41, 5.74) is 0.710. The number of aromatic nitrogens is 1. The van der Waals surface area contributed by atoms with E-state index in [1.54, 1.807) is 17.6 Å². The molecule has 2 rings (SSSR count). The number of hydrogen-bond donors (Lipinski definition) is 2. The van der Waals surface area contributed by atoms with Crippen LogP contribution in [0.5, 0.6) is 0 Å². The third-order valence-corrected chi connectivity index (χ3v) is 4.25. The SMILES string of the molecule is CC(C)CC(CN(C)C)NC(=O)NCc1coc(-c2cccs2)n1. The van der Waals surface area contributed by atoms with Gasteiger partial charge in [-0.05, 0) is 37.9 Å². The summed E-state index contributed by atoms with van der Waals surface area (Å²) < 4.78 is 5.45. The normalized spacial score (nSPS) is 12.6. The molecule has 0 aliphatic heterocycles. The maximum Gasteiger partial charge on any atom is 0.315 e. The van der Waals surface area contributed by atoms with E-state index in [1.807, 2.05) is 31.6 Å². The van der Waals surface area contributed by atoms with E-state index in [4.69, 9.17) is 4.42 Å². The van der Waals surface area contributed by atoms with Gasteiger partial charge in [0.05, 0.1) is 17.1 Å². The van der Waals surface area contributed by atoms with Gasteiger partial charge in [-0.3, -0.25) is 0 Å². The Morgan fingerprint density at radius 1 is 1.42 bits per heavy atom. The number of oxazole rings is 1. The summed E-state index contributed by atoms with van der Waals surface area (Å²) in [7, 11) is 4.02. The van der Waals surface area contributed by atoms with E-state index in [-0.39, 0.29) is 12.1 Å². The zero-order chi connectivity index (χ0) is 17.5. The molecule has 24 heavy (non-hydrogen) atoms. The molecular formula is C17H26N4O2S. The summed E-state index contributed by atoms with van der Waals surface area (Å²) in [6.07, 6.45) is 2.53. The summed E-state index contributed by atoms with van der Waals surface area (Å²) >= 11 is 1.57. The number of thiophene rings is 1. The minimum Gasteiger partial charge on any atom is -0.443 e. The Bertz CT molecular complexity index is 612. The summed E-state index contributed by atoms with van der Waals surface area (Å²) in [6, 6.07) is 3.86. The smallest absolute Gasteiger partial charge is 0.315 e. The first-order valence-electron chi connectivity index (χ1n) is 8.11. The lowest BCUT2D eigenvalue weighted by Crippen LogP contribution is -2.46. The molecule has 2 heterocycles. The topological polar surface area (TPSA) is 70.4 Å². The lowest BCUT2D eigenvalue weighted by Gasteiger charge is -2.24. The summed E-state index contributed by atoms with van der Waals surface area (Å²) in [5, 5.41) is 7.86. The first kappa shape index (κ1) is 18.5. The molecule has 0 fully saturated rings. The summed E-state index contributed by atoms with van der Waals surface area (Å²) in [4.78, 5) is 19.6. The summed E-state index contributed by atoms with van der Waals surface area (Å²) in [5.74, 6) is 1.12. The molecule has 0 aromatic carbocycles. The van der Waals surface area contributed by atoms with Crippen LogP contribution >= 0.6 is 11.3 Å². The van der Waals surface area contributed by atoms with Crippen molar-refractivity contribution in [2.24, 2.45) is 5.92 Å². The number of nitrogens with zero attached hydrogens (tertiary/aromatic N) is 2. The molecule has 2 amide bonds. The predicted octanol–water partition coefficient (Wildman–Crippen LogP) is 3.18. The first-order chi connectivity index (χ1) is 11.4. The van der Waals surface area contributed by atoms with E-state index in [2.05, 4.69) is 34.4 Å². The van der Waals surface area contributed by atoms with Crippen LogP contribution in [0.3, 0.4) is 0 Å².